The zero-order valence-corrected chi connectivity index (χ0v) is 7.39. The maximum absolute atomic E-state index is 10.5. The lowest BCUT2D eigenvalue weighted by atomic mass is 10.3. The van der Waals surface area contributed by atoms with Crippen LogP contribution in [-0.4, -0.2) is 8.42 Å². The molecule has 0 aliphatic heterocycles. The Hall–Kier alpha value is -0.850. The quantitative estimate of drug-likeness (QED) is 0.696. The number of nitrogens with two attached hydrogens (primary N) is 1. The summed E-state index contributed by atoms with van der Waals surface area (Å²) in [6, 6.07) is 1.69. The van der Waals surface area contributed by atoms with Gasteiger partial charge < -0.3 is 4.42 Å². The van der Waals surface area contributed by atoms with Crippen molar-refractivity contribution in [3.63, 3.8) is 0 Å². The van der Waals surface area contributed by atoms with Crippen molar-refractivity contribution in [1.82, 2.24) is 4.72 Å². The lowest BCUT2D eigenvalue weighted by molar-refractivity contribution is 0.528. The highest BCUT2D eigenvalue weighted by atomic mass is 32.2. The predicted molar refractivity (Wildman–Crippen MR) is 43.4 cm³/mol. The van der Waals surface area contributed by atoms with Gasteiger partial charge in [-0.1, -0.05) is 0 Å². The summed E-state index contributed by atoms with van der Waals surface area (Å²) in [5.74, 6) is 0.686. The molecule has 0 atom stereocenters. The van der Waals surface area contributed by atoms with Gasteiger partial charge in [-0.25, -0.2) is 5.14 Å². The molecule has 0 saturated heterocycles. The molecule has 0 aromatic carbocycles. The Bertz CT molecular complexity index is 355. The molecule has 1 aromatic rings. The molecule has 0 radical (unpaired) electrons. The van der Waals surface area contributed by atoms with E-state index >= 15 is 0 Å². The molecule has 5 nitrogen and oxygen atoms in total. The second-order valence-electron chi connectivity index (χ2n) is 2.37. The van der Waals surface area contributed by atoms with Crippen LogP contribution in [0.25, 0.3) is 0 Å². The fraction of sp³-hybridized carbons (Fsp3) is 0.333. The molecule has 1 rings (SSSR count). The van der Waals surface area contributed by atoms with Crippen LogP contribution >= 0.6 is 0 Å². The monoisotopic (exact) mass is 190 g/mol. The number of nitrogens with one attached hydrogen (secondary N) is 1. The van der Waals surface area contributed by atoms with Gasteiger partial charge in [-0.05, 0) is 13.0 Å². The molecule has 3 N–H and O–H groups in total. The highest BCUT2D eigenvalue weighted by Crippen LogP contribution is 2.07. The third kappa shape index (κ3) is 2.65. The molecule has 0 bridgehead atoms. The molecule has 1 aromatic heterocycles. The van der Waals surface area contributed by atoms with Crippen molar-refractivity contribution in [3.8, 4) is 0 Å². The van der Waals surface area contributed by atoms with Gasteiger partial charge in [0.2, 0.25) is 0 Å². The molecular weight excluding hydrogens is 180 g/mol. The van der Waals surface area contributed by atoms with Gasteiger partial charge in [0.25, 0.3) is 10.2 Å². The molecule has 0 fully saturated rings. The number of furan rings is 1. The van der Waals surface area contributed by atoms with Gasteiger partial charge in [-0.2, -0.15) is 13.1 Å². The summed E-state index contributed by atoms with van der Waals surface area (Å²) < 4.78 is 28.1. The predicted octanol–water partition coefficient (Wildman–Crippen LogP) is -0.119. The minimum Gasteiger partial charge on any atom is -0.469 e. The third-order valence-corrected chi connectivity index (χ3v) is 1.98. The number of hydrogen-bond acceptors (Lipinski definition) is 3. The van der Waals surface area contributed by atoms with Gasteiger partial charge in [-0.15, -0.1) is 0 Å². The van der Waals surface area contributed by atoms with Crippen LogP contribution in [0.1, 0.15) is 11.3 Å². The van der Waals surface area contributed by atoms with Gasteiger partial charge in [0, 0.05) is 12.1 Å². The Balaban J connectivity index is 2.61. The summed E-state index contributed by atoms with van der Waals surface area (Å²) in [4.78, 5) is 0. The molecule has 0 amide bonds. The largest absolute Gasteiger partial charge is 0.469 e. The third-order valence-electron chi connectivity index (χ3n) is 1.43. The average Bonchev–Trinajstić information content (AvgIpc) is 2.29. The molecule has 0 unspecified atom stereocenters. The first kappa shape index (κ1) is 9.24. The second-order valence-corrected chi connectivity index (χ2v) is 3.75. The normalized spacial score (nSPS) is 11.8. The standard InChI is InChI=1S/C6H10N2O3S/c1-5-6(2-3-11-5)4-8-12(7,9)10/h2-3,8H,4H2,1H3,(H2,7,9,10). The highest BCUT2D eigenvalue weighted by Gasteiger charge is 2.04. The van der Waals surface area contributed by atoms with Crippen LogP contribution in [0.15, 0.2) is 16.7 Å². The summed E-state index contributed by atoms with van der Waals surface area (Å²) >= 11 is 0. The molecule has 0 aliphatic carbocycles. The number of hydrogen-bond donors (Lipinski definition) is 2. The van der Waals surface area contributed by atoms with Gasteiger partial charge in [0.1, 0.15) is 5.76 Å². The number of aryl methyl sites for hydroxylation is 1. The first-order valence-corrected chi connectivity index (χ1v) is 4.84. The summed E-state index contributed by atoms with van der Waals surface area (Å²) in [6.45, 7) is 1.92. The molecule has 0 spiro atoms. The van der Waals surface area contributed by atoms with E-state index in [-0.39, 0.29) is 6.54 Å². The van der Waals surface area contributed by atoms with Crippen LogP contribution in [0.4, 0.5) is 0 Å². The summed E-state index contributed by atoms with van der Waals surface area (Å²) in [6.07, 6.45) is 1.50. The van der Waals surface area contributed by atoms with E-state index in [2.05, 4.69) is 4.72 Å². The van der Waals surface area contributed by atoms with E-state index in [1.165, 1.54) is 6.26 Å². The number of rotatable bonds is 3. The SMILES string of the molecule is Cc1occc1CNS(N)(=O)=O. The van der Waals surface area contributed by atoms with E-state index in [1.807, 2.05) is 0 Å². The van der Waals surface area contributed by atoms with Gasteiger partial charge >= 0.3 is 0 Å². The smallest absolute Gasteiger partial charge is 0.274 e. The summed E-state index contributed by atoms with van der Waals surface area (Å²) in [5, 5.41) is 4.73. The topological polar surface area (TPSA) is 85.3 Å². The molecule has 1 heterocycles. The molecule has 68 valence electrons. The van der Waals surface area contributed by atoms with E-state index in [4.69, 9.17) is 9.56 Å². The Morgan fingerprint density at radius 2 is 2.33 bits per heavy atom. The Kier molecular flexibility index (Phi) is 2.51. The summed E-state index contributed by atoms with van der Waals surface area (Å²) in [5.41, 5.74) is 0.782. The Morgan fingerprint density at radius 3 is 2.75 bits per heavy atom. The van der Waals surface area contributed by atoms with E-state index in [1.54, 1.807) is 13.0 Å². The van der Waals surface area contributed by atoms with Crippen LogP contribution in [0.3, 0.4) is 0 Å². The molecule has 0 aliphatic rings. The van der Waals surface area contributed by atoms with Crippen LogP contribution in [0, 0.1) is 6.92 Å². The van der Waals surface area contributed by atoms with Gasteiger partial charge in [-0.3, -0.25) is 0 Å². The lowest BCUT2D eigenvalue weighted by Gasteiger charge is -1.99. The van der Waals surface area contributed by atoms with E-state index in [0.717, 1.165) is 5.56 Å². The maximum Gasteiger partial charge on any atom is 0.274 e. The van der Waals surface area contributed by atoms with Crippen LogP contribution in [-0.2, 0) is 16.8 Å². The molecular formula is C6H10N2O3S. The van der Waals surface area contributed by atoms with Crippen LogP contribution < -0.4 is 9.86 Å². The van der Waals surface area contributed by atoms with Crippen molar-refractivity contribution in [1.29, 1.82) is 0 Å². The molecule has 12 heavy (non-hydrogen) atoms. The van der Waals surface area contributed by atoms with Gasteiger partial charge in [0.05, 0.1) is 6.26 Å². The molecule has 6 heteroatoms. The Labute approximate surface area is 70.7 Å². The van der Waals surface area contributed by atoms with Gasteiger partial charge in [0.15, 0.2) is 0 Å². The minimum absolute atomic E-state index is 0.168. The van der Waals surface area contributed by atoms with E-state index < -0.39 is 10.2 Å². The zero-order valence-electron chi connectivity index (χ0n) is 6.57. The minimum atomic E-state index is -3.61. The average molecular weight is 190 g/mol. The van der Waals surface area contributed by atoms with Crippen molar-refractivity contribution in [2.24, 2.45) is 5.14 Å². The van der Waals surface area contributed by atoms with Crippen molar-refractivity contribution in [2.75, 3.05) is 0 Å². The van der Waals surface area contributed by atoms with Crippen LogP contribution in [0.5, 0.6) is 0 Å². The van der Waals surface area contributed by atoms with E-state index in [0.29, 0.717) is 5.76 Å². The first-order chi connectivity index (χ1) is 5.49. The van der Waals surface area contributed by atoms with Crippen molar-refractivity contribution >= 4 is 10.2 Å². The first-order valence-electron chi connectivity index (χ1n) is 3.29. The van der Waals surface area contributed by atoms with Crippen molar-refractivity contribution < 1.29 is 12.8 Å². The zero-order chi connectivity index (χ0) is 9.19. The maximum atomic E-state index is 10.5. The van der Waals surface area contributed by atoms with Crippen molar-refractivity contribution in [2.45, 2.75) is 13.5 Å². The fourth-order valence-electron chi connectivity index (χ4n) is 0.773. The highest BCUT2D eigenvalue weighted by molar-refractivity contribution is 7.87. The lowest BCUT2D eigenvalue weighted by Crippen LogP contribution is -2.30. The summed E-state index contributed by atoms with van der Waals surface area (Å²) in [7, 11) is -3.61. The Morgan fingerprint density at radius 1 is 1.67 bits per heavy atom. The molecule has 0 saturated carbocycles. The second kappa shape index (κ2) is 3.26. The van der Waals surface area contributed by atoms with E-state index in [9.17, 15) is 8.42 Å². The van der Waals surface area contributed by atoms with Crippen molar-refractivity contribution in [3.05, 3.63) is 23.7 Å². The fourth-order valence-corrected chi connectivity index (χ4v) is 1.13. The van der Waals surface area contributed by atoms with Crippen LogP contribution in [0.2, 0.25) is 0 Å².